The summed E-state index contributed by atoms with van der Waals surface area (Å²) in [6, 6.07) is 9.22. The van der Waals surface area contributed by atoms with E-state index in [1.807, 2.05) is 31.2 Å². The second kappa shape index (κ2) is 10.9. The number of para-hydroxylation sites is 1. The molecule has 12 heteroatoms. The third kappa shape index (κ3) is 5.09. The van der Waals surface area contributed by atoms with Crippen molar-refractivity contribution in [2.24, 2.45) is 11.3 Å². The number of pyridine rings is 1. The van der Waals surface area contributed by atoms with Gasteiger partial charge in [0.2, 0.25) is 5.91 Å². The van der Waals surface area contributed by atoms with Crippen LogP contribution in [0.25, 0.3) is 10.9 Å². The number of rotatable bonds is 7. The van der Waals surface area contributed by atoms with Crippen molar-refractivity contribution in [1.82, 2.24) is 19.8 Å². The van der Waals surface area contributed by atoms with Gasteiger partial charge >= 0.3 is 6.18 Å². The smallest absolute Gasteiger partial charge is 0.407 e. The topological polar surface area (TPSA) is 106 Å². The third-order valence-corrected chi connectivity index (χ3v) is 8.32. The molecule has 0 unspecified atom stereocenters. The summed E-state index contributed by atoms with van der Waals surface area (Å²) in [7, 11) is 1.47. The fourth-order valence-corrected chi connectivity index (χ4v) is 5.84. The van der Waals surface area contributed by atoms with Gasteiger partial charge in [-0.3, -0.25) is 14.4 Å². The number of nitrogens with one attached hydrogen (secondary N) is 2. The summed E-state index contributed by atoms with van der Waals surface area (Å²) in [6.45, 7) is 3.36. The molecular formula is C29H33F3N4O5. The van der Waals surface area contributed by atoms with Crippen molar-refractivity contribution in [1.29, 1.82) is 0 Å². The Morgan fingerprint density at radius 2 is 1.85 bits per heavy atom. The van der Waals surface area contributed by atoms with Crippen LogP contribution in [0.2, 0.25) is 0 Å². The minimum atomic E-state index is -4.64. The minimum Gasteiger partial charge on any atom is -0.496 e. The molecule has 0 spiro atoms. The van der Waals surface area contributed by atoms with Gasteiger partial charge in [0.1, 0.15) is 5.75 Å². The Morgan fingerprint density at radius 3 is 2.46 bits per heavy atom. The second-order valence-electron chi connectivity index (χ2n) is 10.9. The number of piperidine rings is 1. The van der Waals surface area contributed by atoms with E-state index >= 15 is 0 Å². The van der Waals surface area contributed by atoms with Gasteiger partial charge in [-0.25, -0.2) is 0 Å². The monoisotopic (exact) mass is 574 g/mol. The Labute approximate surface area is 234 Å². The summed E-state index contributed by atoms with van der Waals surface area (Å²) >= 11 is 0. The average Bonchev–Trinajstić information content (AvgIpc) is 3.17. The molecular weight excluding hydrogens is 541 g/mol. The van der Waals surface area contributed by atoms with E-state index in [1.165, 1.54) is 12.0 Å². The van der Waals surface area contributed by atoms with Crippen LogP contribution >= 0.6 is 0 Å². The van der Waals surface area contributed by atoms with Gasteiger partial charge in [0, 0.05) is 41.9 Å². The fourth-order valence-electron chi connectivity index (χ4n) is 5.84. The number of methoxy groups -OCH3 is 1. The molecule has 220 valence electrons. The fraction of sp³-hybridized carbons (Fsp3) is 0.483. The van der Waals surface area contributed by atoms with Crippen LogP contribution in [0.4, 0.5) is 13.2 Å². The van der Waals surface area contributed by atoms with Crippen molar-refractivity contribution >= 4 is 22.7 Å². The maximum atomic E-state index is 13.6. The second-order valence-corrected chi connectivity index (χ2v) is 10.9. The lowest BCUT2D eigenvalue weighted by Crippen LogP contribution is -2.63. The number of halogens is 3. The molecule has 2 saturated heterocycles. The largest absolute Gasteiger partial charge is 0.496 e. The van der Waals surface area contributed by atoms with E-state index in [-0.39, 0.29) is 37.0 Å². The Morgan fingerprint density at radius 1 is 1.17 bits per heavy atom. The molecule has 0 bridgehead atoms. The molecule has 0 atom stereocenters. The molecule has 2 fully saturated rings. The first-order valence-electron chi connectivity index (χ1n) is 13.5. The quantitative estimate of drug-likeness (QED) is 0.448. The number of aryl methyl sites for hydroxylation is 1. The van der Waals surface area contributed by atoms with Crippen LogP contribution in [-0.4, -0.2) is 65.9 Å². The summed E-state index contributed by atoms with van der Waals surface area (Å²) in [4.78, 5) is 42.8. The first-order valence-corrected chi connectivity index (χ1v) is 13.5. The van der Waals surface area contributed by atoms with Crippen LogP contribution in [-0.2, 0) is 22.6 Å². The summed E-state index contributed by atoms with van der Waals surface area (Å²) < 4.78 is 53.1. The lowest BCUT2D eigenvalue weighted by atomic mass is 9.82. The Hall–Kier alpha value is -3.80. The highest BCUT2D eigenvalue weighted by molar-refractivity contribution is 6.08. The molecule has 2 aromatic heterocycles. The van der Waals surface area contributed by atoms with Gasteiger partial charge in [-0.15, -0.1) is 0 Å². The number of aromatic nitrogens is 2. The van der Waals surface area contributed by atoms with E-state index in [9.17, 15) is 27.6 Å². The van der Waals surface area contributed by atoms with Crippen molar-refractivity contribution in [3.63, 3.8) is 0 Å². The summed E-state index contributed by atoms with van der Waals surface area (Å²) in [5.41, 5.74) is 0.299. The van der Waals surface area contributed by atoms with Gasteiger partial charge < -0.3 is 29.2 Å². The number of nitrogens with zero attached hydrogens (tertiary/aromatic N) is 2. The van der Waals surface area contributed by atoms with Crippen LogP contribution in [0, 0.1) is 25.2 Å². The average molecular weight is 575 g/mol. The lowest BCUT2D eigenvalue weighted by Gasteiger charge is -2.45. The van der Waals surface area contributed by atoms with Crippen LogP contribution in [0.3, 0.4) is 0 Å². The molecule has 3 aromatic rings. The number of carbonyl (C=O) groups excluding carboxylic acids is 2. The molecule has 2 amide bonds. The number of carbonyl (C=O) groups is 2. The number of H-pyrrole nitrogens is 1. The van der Waals surface area contributed by atoms with Crippen molar-refractivity contribution in [2.45, 2.75) is 46.0 Å². The number of alkyl halides is 3. The Bertz CT molecular complexity index is 1530. The third-order valence-electron chi connectivity index (χ3n) is 8.32. The maximum Gasteiger partial charge on any atom is 0.407 e. The molecule has 9 nitrogen and oxygen atoms in total. The van der Waals surface area contributed by atoms with E-state index < -0.39 is 30.7 Å². The first-order chi connectivity index (χ1) is 19.5. The number of amides is 2. The number of hydrogen-bond acceptors (Lipinski definition) is 5. The van der Waals surface area contributed by atoms with Crippen molar-refractivity contribution in [2.75, 3.05) is 33.4 Å². The van der Waals surface area contributed by atoms with Crippen molar-refractivity contribution in [3.05, 3.63) is 63.2 Å². The maximum absolute atomic E-state index is 13.6. The van der Waals surface area contributed by atoms with E-state index in [2.05, 4.69) is 14.9 Å². The summed E-state index contributed by atoms with van der Waals surface area (Å²) in [5, 5.41) is 3.62. The number of ether oxygens (including phenoxy) is 2. The molecule has 5 rings (SSSR count). The van der Waals surface area contributed by atoms with Gasteiger partial charge in [-0.2, -0.15) is 13.2 Å². The molecule has 0 radical (unpaired) electrons. The van der Waals surface area contributed by atoms with Gasteiger partial charge in [0.15, 0.2) is 5.41 Å². The normalized spacial score (nSPS) is 17.4. The molecule has 0 saturated carbocycles. The highest BCUT2D eigenvalue weighted by Gasteiger charge is 2.66. The zero-order valence-electron chi connectivity index (χ0n) is 23.2. The standard InChI is InChI=1S/C29H33F3N4O5/c1-17-12-23(40-3)21(25(37)34-17)13-33-26(38)24-18(2)36(22-7-5-4-6-20(22)24)14-19-8-10-35(11-9-19)27(39)28(15-41-16-28)29(30,31)32/h4-7,12,19H,8-11,13-16H2,1-3H3,(H,33,38)(H,34,37). The molecule has 2 aliphatic rings. The van der Waals surface area contributed by atoms with Crippen molar-refractivity contribution < 1.29 is 32.2 Å². The Kier molecular flexibility index (Phi) is 7.62. The summed E-state index contributed by atoms with van der Waals surface area (Å²) in [6.07, 6.45) is -3.55. The van der Waals surface area contributed by atoms with Crippen LogP contribution in [0.5, 0.6) is 5.75 Å². The highest BCUT2D eigenvalue weighted by Crippen LogP contribution is 2.46. The highest BCUT2D eigenvalue weighted by atomic mass is 19.4. The van der Waals surface area contributed by atoms with E-state index in [4.69, 9.17) is 9.47 Å². The molecule has 1 aromatic carbocycles. The predicted octanol–water partition coefficient (Wildman–Crippen LogP) is 3.70. The van der Waals surface area contributed by atoms with Crippen LogP contribution < -0.4 is 15.6 Å². The number of fused-ring (bicyclic) bond motifs is 1. The number of benzene rings is 1. The zero-order valence-corrected chi connectivity index (χ0v) is 23.2. The first kappa shape index (κ1) is 28.7. The zero-order chi connectivity index (χ0) is 29.5. The number of aromatic amines is 1. The lowest BCUT2D eigenvalue weighted by molar-refractivity contribution is -0.293. The number of likely N-dealkylation sites (tertiary alicyclic amines) is 1. The van der Waals surface area contributed by atoms with Crippen molar-refractivity contribution in [3.8, 4) is 5.75 Å². The molecule has 41 heavy (non-hydrogen) atoms. The van der Waals surface area contributed by atoms with Gasteiger partial charge in [-0.1, -0.05) is 18.2 Å². The van der Waals surface area contributed by atoms with Crippen LogP contribution in [0.1, 0.15) is 40.2 Å². The van der Waals surface area contributed by atoms with E-state index in [0.29, 0.717) is 42.0 Å². The van der Waals surface area contributed by atoms with E-state index in [1.54, 1.807) is 13.0 Å². The van der Waals surface area contributed by atoms with Gasteiger partial charge in [0.05, 0.1) is 38.0 Å². The van der Waals surface area contributed by atoms with Gasteiger partial charge in [0.25, 0.3) is 11.5 Å². The SMILES string of the molecule is COc1cc(C)[nH]c(=O)c1CNC(=O)c1c(C)n(CC2CCN(C(=O)C3(C(F)(F)F)COC3)CC2)c2ccccc12. The number of hydrogen-bond donors (Lipinski definition) is 2. The van der Waals surface area contributed by atoms with E-state index in [0.717, 1.165) is 16.6 Å². The molecule has 2 aliphatic heterocycles. The molecule has 0 aliphatic carbocycles. The summed E-state index contributed by atoms with van der Waals surface area (Å²) in [5.74, 6) is -0.735. The molecule has 4 heterocycles. The predicted molar refractivity (Wildman–Crippen MR) is 145 cm³/mol. The Balaban J connectivity index is 1.31. The minimum absolute atomic E-state index is 0.0203. The molecule has 2 N–H and O–H groups in total. The van der Waals surface area contributed by atoms with Gasteiger partial charge in [-0.05, 0) is 44.7 Å². The van der Waals surface area contributed by atoms with Crippen LogP contribution in [0.15, 0.2) is 35.1 Å².